The minimum atomic E-state index is -0.542. The smallest absolute Gasteiger partial charge is 0.325 e. The average Bonchev–Trinajstić information content (AvgIpc) is 2.66. The molecule has 1 amide bonds. The van der Waals surface area contributed by atoms with Crippen molar-refractivity contribution < 1.29 is 23.8 Å². The Hall–Kier alpha value is -2.73. The first kappa shape index (κ1) is 20.6. The number of amides is 1. The fourth-order valence-corrected chi connectivity index (χ4v) is 2.50. The molecule has 7 heteroatoms. The molecule has 0 atom stereocenters. The molecule has 0 aromatic heterocycles. The molecule has 0 heterocycles. The van der Waals surface area contributed by atoms with Gasteiger partial charge in [0.2, 0.25) is 0 Å². The Kier molecular flexibility index (Phi) is 7.95. The highest BCUT2D eigenvalue weighted by Crippen LogP contribution is 2.28. The Balaban J connectivity index is 1.88. The van der Waals surface area contributed by atoms with E-state index in [-0.39, 0.29) is 13.2 Å². The number of esters is 1. The fraction of sp³-hybridized carbons (Fsp3) is 0.300. The predicted octanol–water partition coefficient (Wildman–Crippen LogP) is 3.61. The molecule has 0 aliphatic carbocycles. The Bertz CT molecular complexity index is 794. The van der Waals surface area contributed by atoms with Gasteiger partial charge in [0.15, 0.2) is 11.5 Å². The Morgan fingerprint density at radius 1 is 1.00 bits per heavy atom. The molecule has 2 aromatic carbocycles. The second-order valence-electron chi connectivity index (χ2n) is 5.50. The van der Waals surface area contributed by atoms with Gasteiger partial charge in [-0.25, -0.2) is 0 Å². The van der Waals surface area contributed by atoms with Gasteiger partial charge in [-0.1, -0.05) is 23.7 Å². The van der Waals surface area contributed by atoms with E-state index in [1.807, 2.05) is 13.8 Å². The Morgan fingerprint density at radius 2 is 1.74 bits per heavy atom. The van der Waals surface area contributed by atoms with Gasteiger partial charge in [-0.2, -0.15) is 0 Å². The molecule has 27 heavy (non-hydrogen) atoms. The van der Waals surface area contributed by atoms with E-state index in [1.165, 1.54) is 0 Å². The molecule has 0 spiro atoms. The van der Waals surface area contributed by atoms with Gasteiger partial charge in [0.1, 0.15) is 13.2 Å². The first-order valence-corrected chi connectivity index (χ1v) is 8.99. The van der Waals surface area contributed by atoms with Crippen molar-refractivity contribution in [3.63, 3.8) is 0 Å². The molecule has 0 unspecified atom stereocenters. The largest absolute Gasteiger partial charge is 0.490 e. The number of hydrogen-bond acceptors (Lipinski definition) is 5. The summed E-state index contributed by atoms with van der Waals surface area (Å²) in [5, 5.41) is 3.10. The molecular weight excluding hydrogens is 370 g/mol. The number of benzene rings is 2. The highest BCUT2D eigenvalue weighted by Gasteiger charge is 2.13. The third-order valence-corrected chi connectivity index (χ3v) is 3.72. The number of ether oxygens (including phenoxy) is 3. The molecule has 144 valence electrons. The van der Waals surface area contributed by atoms with Crippen LogP contribution in [-0.4, -0.2) is 31.6 Å². The Labute approximate surface area is 163 Å². The van der Waals surface area contributed by atoms with Crippen molar-refractivity contribution >= 4 is 23.5 Å². The summed E-state index contributed by atoms with van der Waals surface area (Å²) < 4.78 is 16.1. The molecule has 1 N–H and O–H groups in total. The first-order chi connectivity index (χ1) is 13.0. The highest BCUT2D eigenvalue weighted by molar-refractivity contribution is 6.30. The summed E-state index contributed by atoms with van der Waals surface area (Å²) in [7, 11) is 0. The topological polar surface area (TPSA) is 73.9 Å². The SMILES string of the molecule is CCOc1ccc(C(=O)NCC(=O)OCc2cccc(Cl)c2)cc1OCC. The van der Waals surface area contributed by atoms with Crippen molar-refractivity contribution in [2.75, 3.05) is 19.8 Å². The van der Waals surface area contributed by atoms with Gasteiger partial charge >= 0.3 is 5.97 Å². The summed E-state index contributed by atoms with van der Waals surface area (Å²) in [6.45, 7) is 4.50. The van der Waals surface area contributed by atoms with E-state index < -0.39 is 11.9 Å². The highest BCUT2D eigenvalue weighted by atomic mass is 35.5. The minimum absolute atomic E-state index is 0.0901. The summed E-state index contributed by atoms with van der Waals surface area (Å²) in [4.78, 5) is 24.1. The van der Waals surface area contributed by atoms with E-state index in [0.717, 1.165) is 5.56 Å². The standard InChI is InChI=1S/C20H22ClNO5/c1-3-25-17-9-8-15(11-18(17)26-4-2)20(24)22-12-19(23)27-13-14-6-5-7-16(21)10-14/h5-11H,3-4,12-13H2,1-2H3,(H,22,24). The average molecular weight is 392 g/mol. The second-order valence-corrected chi connectivity index (χ2v) is 5.94. The molecule has 0 aliphatic heterocycles. The van der Waals surface area contributed by atoms with Crippen LogP contribution in [0.1, 0.15) is 29.8 Å². The van der Waals surface area contributed by atoms with E-state index in [1.54, 1.807) is 42.5 Å². The van der Waals surface area contributed by atoms with Gasteiger partial charge < -0.3 is 19.5 Å². The van der Waals surface area contributed by atoms with Crippen molar-refractivity contribution in [2.45, 2.75) is 20.5 Å². The lowest BCUT2D eigenvalue weighted by Gasteiger charge is -2.12. The van der Waals surface area contributed by atoms with Gasteiger partial charge in [0.05, 0.1) is 13.2 Å². The lowest BCUT2D eigenvalue weighted by molar-refractivity contribution is -0.143. The van der Waals surface area contributed by atoms with Crippen LogP contribution in [0.3, 0.4) is 0 Å². The molecule has 0 aliphatic rings. The zero-order chi connectivity index (χ0) is 19.6. The maximum absolute atomic E-state index is 12.3. The Morgan fingerprint density at radius 3 is 2.44 bits per heavy atom. The maximum Gasteiger partial charge on any atom is 0.325 e. The van der Waals surface area contributed by atoms with E-state index in [9.17, 15) is 9.59 Å². The van der Waals surface area contributed by atoms with Crippen molar-refractivity contribution in [3.8, 4) is 11.5 Å². The van der Waals surface area contributed by atoms with Crippen LogP contribution in [0, 0.1) is 0 Å². The zero-order valence-electron chi connectivity index (χ0n) is 15.3. The quantitative estimate of drug-likeness (QED) is 0.661. The number of hydrogen-bond donors (Lipinski definition) is 1. The number of rotatable bonds is 9. The summed E-state index contributed by atoms with van der Waals surface area (Å²) >= 11 is 5.88. The number of halogens is 1. The molecule has 0 radical (unpaired) electrons. The van der Waals surface area contributed by atoms with Crippen LogP contribution in [0.5, 0.6) is 11.5 Å². The van der Waals surface area contributed by atoms with Crippen LogP contribution in [0.25, 0.3) is 0 Å². The normalized spacial score (nSPS) is 10.2. The molecule has 0 bridgehead atoms. The molecule has 0 saturated heterocycles. The first-order valence-electron chi connectivity index (χ1n) is 8.61. The molecule has 2 aromatic rings. The summed E-state index contributed by atoms with van der Waals surface area (Å²) in [6, 6.07) is 11.9. The van der Waals surface area contributed by atoms with E-state index in [2.05, 4.69) is 5.32 Å². The van der Waals surface area contributed by atoms with E-state index in [4.69, 9.17) is 25.8 Å². The molecule has 0 saturated carbocycles. The molecule has 6 nitrogen and oxygen atoms in total. The third kappa shape index (κ3) is 6.49. The minimum Gasteiger partial charge on any atom is -0.490 e. The van der Waals surface area contributed by atoms with Crippen LogP contribution >= 0.6 is 11.6 Å². The molecular formula is C20H22ClNO5. The van der Waals surface area contributed by atoms with Gasteiger partial charge in [-0.3, -0.25) is 9.59 Å². The number of carbonyl (C=O) groups is 2. The van der Waals surface area contributed by atoms with Crippen LogP contribution in [0.2, 0.25) is 5.02 Å². The van der Waals surface area contributed by atoms with Crippen LogP contribution < -0.4 is 14.8 Å². The summed E-state index contributed by atoms with van der Waals surface area (Å²) in [5.74, 6) is 0.102. The van der Waals surface area contributed by atoms with Gasteiger partial charge in [0.25, 0.3) is 5.91 Å². The second kappa shape index (κ2) is 10.4. The number of carbonyl (C=O) groups excluding carboxylic acids is 2. The monoisotopic (exact) mass is 391 g/mol. The van der Waals surface area contributed by atoms with E-state index in [0.29, 0.717) is 35.3 Å². The zero-order valence-corrected chi connectivity index (χ0v) is 16.0. The third-order valence-electron chi connectivity index (χ3n) is 3.49. The summed E-state index contributed by atoms with van der Waals surface area (Å²) in [6.07, 6.45) is 0. The predicted molar refractivity (Wildman–Crippen MR) is 102 cm³/mol. The molecule has 2 rings (SSSR count). The van der Waals surface area contributed by atoms with Gasteiger partial charge in [-0.05, 0) is 49.7 Å². The van der Waals surface area contributed by atoms with Crippen LogP contribution in [0.4, 0.5) is 0 Å². The van der Waals surface area contributed by atoms with Crippen molar-refractivity contribution in [2.24, 2.45) is 0 Å². The lowest BCUT2D eigenvalue weighted by Crippen LogP contribution is -2.30. The van der Waals surface area contributed by atoms with Crippen molar-refractivity contribution in [1.29, 1.82) is 0 Å². The van der Waals surface area contributed by atoms with Crippen molar-refractivity contribution in [3.05, 3.63) is 58.6 Å². The van der Waals surface area contributed by atoms with Gasteiger partial charge in [-0.15, -0.1) is 0 Å². The van der Waals surface area contributed by atoms with Crippen LogP contribution in [-0.2, 0) is 16.1 Å². The lowest BCUT2D eigenvalue weighted by atomic mass is 10.2. The van der Waals surface area contributed by atoms with Crippen LogP contribution in [0.15, 0.2) is 42.5 Å². The molecule has 0 fully saturated rings. The van der Waals surface area contributed by atoms with Crippen molar-refractivity contribution in [1.82, 2.24) is 5.32 Å². The van der Waals surface area contributed by atoms with E-state index >= 15 is 0 Å². The fourth-order valence-electron chi connectivity index (χ4n) is 2.29. The summed E-state index contributed by atoms with van der Waals surface area (Å²) in [5.41, 5.74) is 1.14. The van der Waals surface area contributed by atoms with Gasteiger partial charge in [0, 0.05) is 10.6 Å². The number of nitrogens with one attached hydrogen (secondary N) is 1. The maximum atomic E-state index is 12.3.